The van der Waals surface area contributed by atoms with E-state index in [0.717, 1.165) is 0 Å². The number of sulfonamides is 1. The Hall–Kier alpha value is -2.35. The molecule has 2 aromatic rings. The van der Waals surface area contributed by atoms with Crippen LogP contribution in [0.15, 0.2) is 41.8 Å². The van der Waals surface area contributed by atoms with Crippen molar-refractivity contribution in [3.8, 4) is 0 Å². The highest BCUT2D eigenvalue weighted by molar-refractivity contribution is 7.92. The maximum Gasteiger partial charge on any atom is 0.278 e. The summed E-state index contributed by atoms with van der Waals surface area (Å²) in [6.07, 6.45) is 2.50. The van der Waals surface area contributed by atoms with E-state index in [-0.39, 0.29) is 17.0 Å². The zero-order chi connectivity index (χ0) is 15.5. The van der Waals surface area contributed by atoms with Crippen molar-refractivity contribution in [3.05, 3.63) is 42.4 Å². The summed E-state index contributed by atoms with van der Waals surface area (Å²) in [7, 11) is -3.69. The van der Waals surface area contributed by atoms with Crippen LogP contribution in [-0.4, -0.2) is 30.3 Å². The first kappa shape index (κ1) is 15.0. The Labute approximate surface area is 122 Å². The molecular weight excluding hydrogens is 292 g/mol. The van der Waals surface area contributed by atoms with Crippen LogP contribution < -0.4 is 10.0 Å². The quantitative estimate of drug-likeness (QED) is 0.775. The maximum absolute atomic E-state index is 12.0. The average molecular weight is 308 g/mol. The van der Waals surface area contributed by atoms with Crippen LogP contribution in [0.4, 0.5) is 5.69 Å². The third-order valence-corrected chi connectivity index (χ3v) is 3.89. The Balaban J connectivity index is 2.11. The van der Waals surface area contributed by atoms with Gasteiger partial charge in [0.25, 0.3) is 15.9 Å². The van der Waals surface area contributed by atoms with Crippen molar-refractivity contribution in [2.24, 2.45) is 0 Å². The Bertz CT molecular complexity index is 706. The van der Waals surface area contributed by atoms with E-state index < -0.39 is 10.0 Å². The van der Waals surface area contributed by atoms with Gasteiger partial charge in [-0.2, -0.15) is 8.42 Å². The van der Waals surface area contributed by atoms with E-state index in [4.69, 9.17) is 0 Å². The fraction of sp³-hybridized carbons (Fsp3) is 0.231. The molecule has 8 heteroatoms. The number of aromatic nitrogens is 2. The van der Waals surface area contributed by atoms with Crippen LogP contribution in [0.5, 0.6) is 0 Å². The van der Waals surface area contributed by atoms with Gasteiger partial charge in [0.15, 0.2) is 5.03 Å². The maximum atomic E-state index is 12.0. The molecule has 1 heterocycles. The zero-order valence-corrected chi connectivity index (χ0v) is 12.4. The number of aromatic amines is 1. The van der Waals surface area contributed by atoms with Gasteiger partial charge in [-0.25, -0.2) is 4.98 Å². The lowest BCUT2D eigenvalue weighted by Gasteiger charge is -2.09. The number of carbonyl (C=O) groups is 1. The molecule has 0 atom stereocenters. The number of H-pyrrole nitrogens is 1. The van der Waals surface area contributed by atoms with E-state index in [9.17, 15) is 13.2 Å². The van der Waals surface area contributed by atoms with E-state index in [0.29, 0.717) is 11.3 Å². The molecule has 1 aromatic carbocycles. The number of rotatable bonds is 5. The van der Waals surface area contributed by atoms with Crippen LogP contribution >= 0.6 is 0 Å². The van der Waals surface area contributed by atoms with Gasteiger partial charge in [-0.1, -0.05) is 0 Å². The summed E-state index contributed by atoms with van der Waals surface area (Å²) in [4.78, 5) is 18.0. The van der Waals surface area contributed by atoms with E-state index in [1.54, 1.807) is 12.1 Å². The van der Waals surface area contributed by atoms with E-state index in [1.807, 2.05) is 13.8 Å². The molecule has 1 aromatic heterocycles. The second-order valence-corrected chi connectivity index (χ2v) is 6.38. The highest BCUT2D eigenvalue weighted by Crippen LogP contribution is 2.14. The molecule has 7 nitrogen and oxygen atoms in total. The van der Waals surface area contributed by atoms with Gasteiger partial charge in [0.1, 0.15) is 0 Å². The van der Waals surface area contributed by atoms with E-state index in [1.165, 1.54) is 24.7 Å². The van der Waals surface area contributed by atoms with Crippen LogP contribution in [0.1, 0.15) is 24.2 Å². The van der Waals surface area contributed by atoms with Crippen LogP contribution in [-0.2, 0) is 10.0 Å². The average Bonchev–Trinajstić information content (AvgIpc) is 2.93. The highest BCUT2D eigenvalue weighted by Gasteiger charge is 2.15. The molecule has 0 saturated carbocycles. The largest absolute Gasteiger partial charge is 0.350 e. The molecule has 0 aliphatic carbocycles. The summed E-state index contributed by atoms with van der Waals surface area (Å²) >= 11 is 0. The number of amides is 1. The molecule has 2 rings (SSSR count). The Morgan fingerprint density at radius 2 is 1.90 bits per heavy atom. The molecule has 0 radical (unpaired) electrons. The molecule has 0 aliphatic heterocycles. The molecule has 0 spiro atoms. The predicted octanol–water partition coefficient (Wildman–Crippen LogP) is 1.35. The standard InChI is InChI=1S/C13H16N4O3S/c1-9(2)16-13(18)10-3-5-11(6-4-10)17-21(19,20)12-7-14-8-15-12/h3-9,17H,1-2H3,(H,14,15)(H,16,18). The van der Waals surface area contributed by atoms with Gasteiger partial charge >= 0.3 is 0 Å². The summed E-state index contributed by atoms with van der Waals surface area (Å²) < 4.78 is 26.3. The summed E-state index contributed by atoms with van der Waals surface area (Å²) in [6, 6.07) is 6.22. The normalized spacial score (nSPS) is 11.4. The van der Waals surface area contributed by atoms with Gasteiger partial charge < -0.3 is 10.3 Å². The number of carbonyl (C=O) groups excluding carboxylic acids is 1. The molecule has 0 unspecified atom stereocenters. The van der Waals surface area contributed by atoms with Crippen molar-refractivity contribution in [3.63, 3.8) is 0 Å². The lowest BCUT2D eigenvalue weighted by molar-refractivity contribution is 0.0943. The number of hydrogen-bond donors (Lipinski definition) is 3. The third kappa shape index (κ3) is 3.82. The van der Waals surface area contributed by atoms with E-state index >= 15 is 0 Å². The number of benzene rings is 1. The Kier molecular flexibility index (Phi) is 4.27. The lowest BCUT2D eigenvalue weighted by atomic mass is 10.2. The summed E-state index contributed by atoms with van der Waals surface area (Å²) in [5.41, 5.74) is 0.832. The monoisotopic (exact) mass is 308 g/mol. The molecule has 0 aliphatic rings. The highest BCUT2D eigenvalue weighted by atomic mass is 32.2. The van der Waals surface area contributed by atoms with Gasteiger partial charge in [0, 0.05) is 17.3 Å². The molecule has 3 N–H and O–H groups in total. The minimum absolute atomic E-state index is 0.0240. The fourth-order valence-electron chi connectivity index (χ4n) is 1.64. The van der Waals surface area contributed by atoms with Crippen molar-refractivity contribution < 1.29 is 13.2 Å². The number of hydrogen-bond acceptors (Lipinski definition) is 4. The van der Waals surface area contributed by atoms with Crippen molar-refractivity contribution in [1.29, 1.82) is 0 Å². The third-order valence-electron chi connectivity index (χ3n) is 2.58. The Morgan fingerprint density at radius 3 is 2.43 bits per heavy atom. The van der Waals surface area contributed by atoms with Crippen molar-refractivity contribution >= 4 is 21.6 Å². The van der Waals surface area contributed by atoms with Crippen molar-refractivity contribution in [2.75, 3.05) is 4.72 Å². The fourth-order valence-corrected chi connectivity index (χ4v) is 2.60. The van der Waals surface area contributed by atoms with Crippen LogP contribution in [0.25, 0.3) is 0 Å². The number of nitrogens with zero attached hydrogens (tertiary/aromatic N) is 1. The lowest BCUT2D eigenvalue weighted by Crippen LogP contribution is -2.30. The van der Waals surface area contributed by atoms with Gasteiger partial charge in [-0.15, -0.1) is 0 Å². The van der Waals surface area contributed by atoms with Gasteiger partial charge in [0.2, 0.25) is 0 Å². The molecule has 1 amide bonds. The second kappa shape index (κ2) is 5.96. The number of imidazole rings is 1. The topological polar surface area (TPSA) is 104 Å². The van der Waals surface area contributed by atoms with Crippen LogP contribution in [0.2, 0.25) is 0 Å². The molecule has 21 heavy (non-hydrogen) atoms. The van der Waals surface area contributed by atoms with Crippen molar-refractivity contribution in [1.82, 2.24) is 15.3 Å². The van der Waals surface area contributed by atoms with E-state index in [2.05, 4.69) is 20.0 Å². The molecule has 0 fully saturated rings. The van der Waals surface area contributed by atoms with Gasteiger partial charge in [-0.05, 0) is 38.1 Å². The van der Waals surface area contributed by atoms with Gasteiger partial charge in [-0.3, -0.25) is 9.52 Å². The van der Waals surface area contributed by atoms with Crippen molar-refractivity contribution in [2.45, 2.75) is 24.9 Å². The van der Waals surface area contributed by atoms with Gasteiger partial charge in [0.05, 0.1) is 12.5 Å². The summed E-state index contributed by atoms with van der Waals surface area (Å²) in [6.45, 7) is 3.73. The summed E-state index contributed by atoms with van der Waals surface area (Å²) in [5, 5.41) is 2.73. The molecular formula is C13H16N4O3S. The smallest absolute Gasteiger partial charge is 0.278 e. The first-order valence-corrected chi connectivity index (χ1v) is 7.79. The predicted molar refractivity (Wildman–Crippen MR) is 78.4 cm³/mol. The minimum atomic E-state index is -3.69. The molecule has 0 saturated heterocycles. The SMILES string of the molecule is CC(C)NC(=O)c1ccc(NS(=O)(=O)c2cnc[nH]2)cc1. The van der Waals surface area contributed by atoms with Crippen LogP contribution in [0, 0.1) is 0 Å². The Morgan fingerprint density at radius 1 is 1.24 bits per heavy atom. The zero-order valence-electron chi connectivity index (χ0n) is 11.6. The minimum Gasteiger partial charge on any atom is -0.350 e. The second-order valence-electron chi connectivity index (χ2n) is 4.73. The number of nitrogens with one attached hydrogen (secondary N) is 3. The first-order valence-electron chi connectivity index (χ1n) is 6.30. The molecule has 0 bridgehead atoms. The van der Waals surface area contributed by atoms with Crippen LogP contribution in [0.3, 0.4) is 0 Å². The summed E-state index contributed by atoms with van der Waals surface area (Å²) in [5.74, 6) is -0.201. The molecule has 112 valence electrons. The first-order chi connectivity index (χ1) is 9.88. The number of anilines is 1.